The molecule has 84 heavy (non-hydrogen) atoms. The van der Waals surface area contributed by atoms with Crippen molar-refractivity contribution in [3.8, 4) is 16.8 Å². The molecule has 16 rings (SSSR count). The van der Waals surface area contributed by atoms with Crippen molar-refractivity contribution in [2.75, 3.05) is 14.7 Å². The number of aromatic nitrogens is 1. The SMILES string of the molecule is CC(C)(C)c1ccc(N2c3cc(N4c5ccc(C(C)(C)C)cc5C5(C)CCCCC45C)ccc3B3c4c2cc(N2c5ccc(C(C)(C)C)cc5C5(C)CCCCC25C)cc4-n2c4sc5ccccc5c4c4cccc3c42)c(-c2ccccc2)c1. The maximum atomic E-state index is 2.87. The van der Waals surface area contributed by atoms with Crippen LogP contribution < -0.4 is 31.1 Å². The Morgan fingerprint density at radius 2 is 0.976 bits per heavy atom. The molecule has 0 radical (unpaired) electrons. The van der Waals surface area contributed by atoms with Crippen LogP contribution in [-0.2, 0) is 27.1 Å². The molecule has 2 aliphatic carbocycles. The van der Waals surface area contributed by atoms with Crippen LogP contribution >= 0.6 is 11.3 Å². The van der Waals surface area contributed by atoms with Crippen LogP contribution in [0.1, 0.15) is 169 Å². The molecule has 422 valence electrons. The van der Waals surface area contributed by atoms with Gasteiger partial charge < -0.3 is 19.3 Å². The van der Waals surface area contributed by atoms with E-state index in [1.807, 2.05) is 11.3 Å². The Kier molecular flexibility index (Phi) is 10.8. The van der Waals surface area contributed by atoms with E-state index in [-0.39, 0.29) is 44.9 Å². The monoisotopic (exact) mass is 1120 g/mol. The van der Waals surface area contributed by atoms with E-state index < -0.39 is 0 Å². The Morgan fingerprint density at radius 3 is 1.61 bits per heavy atom. The number of hydrogen-bond acceptors (Lipinski definition) is 4. The fraction of sp³-hybridized carbons (Fsp3) is 0.359. The maximum Gasteiger partial charge on any atom is 0.252 e. The summed E-state index contributed by atoms with van der Waals surface area (Å²) < 4.78 is 4.08. The van der Waals surface area contributed by atoms with Gasteiger partial charge >= 0.3 is 0 Å². The third kappa shape index (κ3) is 6.90. The predicted octanol–water partition coefficient (Wildman–Crippen LogP) is 19.7. The number of anilines is 7. The van der Waals surface area contributed by atoms with Crippen molar-refractivity contribution in [1.29, 1.82) is 0 Å². The summed E-state index contributed by atoms with van der Waals surface area (Å²) in [5.41, 5.74) is 25.2. The van der Waals surface area contributed by atoms with Crippen LogP contribution in [0.3, 0.4) is 0 Å². The van der Waals surface area contributed by atoms with Crippen molar-refractivity contribution in [1.82, 2.24) is 4.57 Å². The molecular weight excluding hydrogens is 1040 g/mol. The van der Waals surface area contributed by atoms with E-state index in [1.165, 1.54) is 171 Å². The van der Waals surface area contributed by atoms with Crippen molar-refractivity contribution < 1.29 is 0 Å². The van der Waals surface area contributed by atoms with Crippen molar-refractivity contribution in [2.24, 2.45) is 0 Å². The van der Waals surface area contributed by atoms with Gasteiger partial charge in [0.15, 0.2) is 0 Å². The number of thiophene rings is 1. The number of para-hydroxylation sites is 1. The van der Waals surface area contributed by atoms with Gasteiger partial charge in [-0.3, -0.25) is 0 Å². The lowest BCUT2D eigenvalue weighted by molar-refractivity contribution is 0.195. The van der Waals surface area contributed by atoms with Crippen LogP contribution in [0, 0.1) is 0 Å². The number of rotatable bonds is 4. The molecule has 10 aromatic rings. The van der Waals surface area contributed by atoms with Gasteiger partial charge in [-0.25, -0.2) is 0 Å². The van der Waals surface area contributed by atoms with E-state index in [4.69, 9.17) is 0 Å². The lowest BCUT2D eigenvalue weighted by Crippen LogP contribution is -2.61. The minimum atomic E-state index is -0.164. The van der Waals surface area contributed by atoms with Crippen LogP contribution in [-0.4, -0.2) is 22.4 Å². The lowest BCUT2D eigenvalue weighted by atomic mass is 9.33. The van der Waals surface area contributed by atoms with E-state index in [9.17, 15) is 0 Å². The molecule has 4 atom stereocenters. The van der Waals surface area contributed by atoms with Gasteiger partial charge in [-0.15, -0.1) is 11.3 Å². The van der Waals surface area contributed by atoms with E-state index in [0.29, 0.717) is 0 Å². The van der Waals surface area contributed by atoms with E-state index >= 15 is 0 Å². The summed E-state index contributed by atoms with van der Waals surface area (Å²) in [5, 5.41) is 4.07. The van der Waals surface area contributed by atoms with E-state index in [1.54, 1.807) is 0 Å². The molecule has 6 aliphatic rings. The summed E-state index contributed by atoms with van der Waals surface area (Å²) in [6.45, 7) is 31.8. The van der Waals surface area contributed by atoms with Gasteiger partial charge in [0.2, 0.25) is 0 Å². The minimum Gasteiger partial charge on any atom is -0.334 e. The highest BCUT2D eigenvalue weighted by atomic mass is 32.1. The zero-order chi connectivity index (χ0) is 58.0. The zero-order valence-corrected chi connectivity index (χ0v) is 52.8. The fourth-order valence-electron chi connectivity index (χ4n) is 17.7. The molecule has 8 aromatic carbocycles. The molecule has 6 heterocycles. The van der Waals surface area contributed by atoms with Gasteiger partial charge in [0, 0.05) is 77.1 Å². The third-order valence-corrected chi connectivity index (χ3v) is 23.9. The van der Waals surface area contributed by atoms with Crippen molar-refractivity contribution in [3.05, 3.63) is 186 Å². The van der Waals surface area contributed by atoms with Crippen LogP contribution in [0.25, 0.3) is 48.0 Å². The van der Waals surface area contributed by atoms with Gasteiger partial charge in [0.1, 0.15) is 4.83 Å². The normalized spacial score (nSPS) is 23.2. The summed E-state index contributed by atoms with van der Waals surface area (Å²) >= 11 is 1.96. The highest BCUT2D eigenvalue weighted by Crippen LogP contribution is 2.64. The molecule has 4 nitrogen and oxygen atoms in total. The van der Waals surface area contributed by atoms with Gasteiger partial charge in [0.05, 0.1) is 22.3 Å². The first-order chi connectivity index (χ1) is 40.0. The fourth-order valence-corrected chi connectivity index (χ4v) is 18.9. The molecule has 0 spiro atoms. The number of fused-ring (bicyclic) bond motifs is 15. The van der Waals surface area contributed by atoms with Gasteiger partial charge in [-0.1, -0.05) is 205 Å². The molecule has 0 bridgehead atoms. The molecule has 0 amide bonds. The molecule has 4 aliphatic heterocycles. The summed E-state index contributed by atoms with van der Waals surface area (Å²) in [7, 11) is 0. The van der Waals surface area contributed by atoms with Gasteiger partial charge in [-0.05, 0) is 160 Å². The van der Waals surface area contributed by atoms with E-state index in [0.717, 1.165) is 12.8 Å². The average Bonchev–Trinajstić information content (AvgIpc) is 1.39. The zero-order valence-electron chi connectivity index (χ0n) is 51.9. The highest BCUT2D eigenvalue weighted by molar-refractivity contribution is 7.26. The average molecular weight is 1120 g/mol. The van der Waals surface area contributed by atoms with Crippen LogP contribution in [0.15, 0.2) is 158 Å². The molecule has 0 saturated heterocycles. The maximum absolute atomic E-state index is 2.87. The summed E-state index contributed by atoms with van der Waals surface area (Å²) in [6.07, 6.45) is 9.58. The van der Waals surface area contributed by atoms with Crippen LogP contribution in [0.4, 0.5) is 39.8 Å². The second kappa shape index (κ2) is 17.3. The van der Waals surface area contributed by atoms with Crippen LogP contribution in [0.5, 0.6) is 0 Å². The quantitative estimate of drug-likeness (QED) is 0.163. The third-order valence-electron chi connectivity index (χ3n) is 22.8. The Hall–Kier alpha value is -7.02. The summed E-state index contributed by atoms with van der Waals surface area (Å²) in [4.78, 5) is 9.80. The summed E-state index contributed by atoms with van der Waals surface area (Å²) in [6, 6.07) is 63.4. The molecule has 2 saturated carbocycles. The summed E-state index contributed by atoms with van der Waals surface area (Å²) in [5.74, 6) is 0. The molecular formula is C78H81BN4S. The molecule has 2 fully saturated rings. The van der Waals surface area contributed by atoms with Crippen molar-refractivity contribution >= 4 is 105 Å². The second-order valence-electron chi connectivity index (χ2n) is 30.4. The Bertz CT molecular complexity index is 4450. The lowest BCUT2D eigenvalue weighted by Gasteiger charge is -2.51. The molecule has 0 N–H and O–H groups in total. The van der Waals surface area contributed by atoms with Gasteiger partial charge in [0.25, 0.3) is 6.71 Å². The van der Waals surface area contributed by atoms with Crippen LogP contribution in [0.2, 0.25) is 0 Å². The Morgan fingerprint density at radius 1 is 0.440 bits per heavy atom. The Balaban J connectivity index is 1.04. The predicted molar refractivity (Wildman–Crippen MR) is 363 cm³/mol. The number of hydrogen-bond donors (Lipinski definition) is 0. The smallest absolute Gasteiger partial charge is 0.252 e. The largest absolute Gasteiger partial charge is 0.334 e. The van der Waals surface area contributed by atoms with Crippen molar-refractivity contribution in [3.63, 3.8) is 0 Å². The first-order valence-corrected chi connectivity index (χ1v) is 32.5. The topological polar surface area (TPSA) is 14.7 Å². The number of nitrogens with zero attached hydrogens (tertiary/aromatic N) is 4. The second-order valence-corrected chi connectivity index (χ2v) is 31.4. The Labute approximate surface area is 503 Å². The molecule has 4 unspecified atom stereocenters. The van der Waals surface area contributed by atoms with Gasteiger partial charge in [-0.2, -0.15) is 0 Å². The minimum absolute atomic E-state index is 0.0120. The van der Waals surface area contributed by atoms with Crippen molar-refractivity contribution in [2.45, 2.75) is 180 Å². The molecule has 2 aromatic heterocycles. The first-order valence-electron chi connectivity index (χ1n) is 31.7. The van der Waals surface area contributed by atoms with E-state index in [2.05, 4.69) is 267 Å². The standard InChI is InChI=1S/C78H81BN4S/c1-72(2,3)49-30-35-61(56(42-49)48-24-15-14-16-25-48)80-64-45-52(82-62-36-31-50(73(4,5)6)43-57(62)75(10)38-19-21-40-77(75,82)12)33-34-59(64)79-60-28-23-27-55-68-54-26-17-18-29-67(54)84-71(68)81(70(55)60)66-47-53(46-65(80)69(66)79)83-63-37-32-51(74(7,8)9)44-58(63)76(11)39-20-22-41-78(76,83)13/h14-18,23-37,42-47H,19-22,38-41H2,1-13H3. The first kappa shape index (κ1) is 52.5. The molecule has 6 heteroatoms. The number of benzene rings is 8. The highest BCUT2D eigenvalue weighted by Gasteiger charge is 2.60.